The van der Waals surface area contributed by atoms with E-state index >= 15 is 0 Å². The number of thioether (sulfide) groups is 1. The summed E-state index contributed by atoms with van der Waals surface area (Å²) < 4.78 is 1.98. The van der Waals surface area contributed by atoms with E-state index in [1.54, 1.807) is 18.1 Å². The fourth-order valence-corrected chi connectivity index (χ4v) is 2.81. The van der Waals surface area contributed by atoms with Gasteiger partial charge in [-0.1, -0.05) is 26.0 Å². The first kappa shape index (κ1) is 16.0. The molecule has 0 bridgehead atoms. The molecule has 0 amide bonds. The van der Waals surface area contributed by atoms with Gasteiger partial charge in [0.25, 0.3) is 0 Å². The molecule has 2 aromatic rings. The molecule has 4 nitrogen and oxygen atoms in total. The molecule has 1 N–H and O–H groups in total. The zero-order chi connectivity index (χ0) is 15.2. The standard InChI is InChI=1S/C16H24N4S/c1-12(2)17-9-14-5-7-15(8-6-14)21-10-16-18-11-19-20(16)13(3)4/h5-8,11-13,17H,9-10H2,1-4H3. The molecule has 21 heavy (non-hydrogen) atoms. The molecule has 0 aliphatic heterocycles. The molecule has 0 saturated heterocycles. The second-order valence-electron chi connectivity index (χ2n) is 5.68. The van der Waals surface area contributed by atoms with Crippen LogP contribution in [0.15, 0.2) is 35.5 Å². The van der Waals surface area contributed by atoms with Crippen molar-refractivity contribution in [2.45, 2.75) is 57.0 Å². The van der Waals surface area contributed by atoms with Crippen LogP contribution in [0.2, 0.25) is 0 Å². The minimum atomic E-state index is 0.354. The van der Waals surface area contributed by atoms with Gasteiger partial charge in [-0.25, -0.2) is 9.67 Å². The van der Waals surface area contributed by atoms with Crippen molar-refractivity contribution in [2.24, 2.45) is 0 Å². The Morgan fingerprint density at radius 1 is 1.14 bits per heavy atom. The molecule has 1 aromatic carbocycles. The molecular formula is C16H24N4S. The highest BCUT2D eigenvalue weighted by Gasteiger charge is 2.07. The summed E-state index contributed by atoms with van der Waals surface area (Å²) in [5.74, 6) is 1.88. The molecule has 0 unspecified atom stereocenters. The summed E-state index contributed by atoms with van der Waals surface area (Å²) in [5, 5.41) is 7.69. The molecule has 2 rings (SSSR count). The Morgan fingerprint density at radius 2 is 1.86 bits per heavy atom. The van der Waals surface area contributed by atoms with Crippen molar-refractivity contribution >= 4 is 11.8 Å². The van der Waals surface area contributed by atoms with E-state index in [9.17, 15) is 0 Å². The summed E-state index contributed by atoms with van der Waals surface area (Å²) in [4.78, 5) is 5.61. The summed E-state index contributed by atoms with van der Waals surface area (Å²) in [6, 6.07) is 9.60. The van der Waals surface area contributed by atoms with Crippen LogP contribution in [-0.2, 0) is 12.3 Å². The second kappa shape index (κ2) is 7.61. The van der Waals surface area contributed by atoms with Crippen molar-refractivity contribution in [1.82, 2.24) is 20.1 Å². The van der Waals surface area contributed by atoms with Crippen LogP contribution in [0.1, 0.15) is 45.1 Å². The lowest BCUT2D eigenvalue weighted by molar-refractivity contribution is 0.514. The van der Waals surface area contributed by atoms with E-state index in [1.165, 1.54) is 10.5 Å². The fourth-order valence-electron chi connectivity index (χ4n) is 1.98. The van der Waals surface area contributed by atoms with Crippen LogP contribution in [0, 0.1) is 0 Å². The highest BCUT2D eigenvalue weighted by Crippen LogP contribution is 2.23. The quantitative estimate of drug-likeness (QED) is 0.793. The summed E-state index contributed by atoms with van der Waals surface area (Å²) >= 11 is 1.80. The molecule has 1 heterocycles. The topological polar surface area (TPSA) is 42.7 Å². The number of hydrogen-bond acceptors (Lipinski definition) is 4. The van der Waals surface area contributed by atoms with Gasteiger partial charge in [0.05, 0.1) is 5.75 Å². The van der Waals surface area contributed by atoms with Crippen molar-refractivity contribution in [3.05, 3.63) is 42.0 Å². The van der Waals surface area contributed by atoms with Crippen LogP contribution >= 0.6 is 11.8 Å². The molecular weight excluding hydrogens is 280 g/mol. The molecule has 0 spiro atoms. The van der Waals surface area contributed by atoms with E-state index in [2.05, 4.69) is 67.4 Å². The van der Waals surface area contributed by atoms with Crippen LogP contribution < -0.4 is 5.32 Å². The van der Waals surface area contributed by atoms with Gasteiger partial charge in [-0.15, -0.1) is 11.8 Å². The first-order chi connectivity index (χ1) is 10.1. The molecule has 0 atom stereocenters. The van der Waals surface area contributed by atoms with E-state index in [0.29, 0.717) is 12.1 Å². The predicted octanol–water partition coefficient (Wildman–Crippen LogP) is 3.65. The third kappa shape index (κ3) is 4.86. The van der Waals surface area contributed by atoms with Crippen LogP contribution in [-0.4, -0.2) is 20.8 Å². The Hall–Kier alpha value is -1.33. The minimum absolute atomic E-state index is 0.354. The van der Waals surface area contributed by atoms with E-state index < -0.39 is 0 Å². The van der Waals surface area contributed by atoms with Crippen molar-refractivity contribution in [2.75, 3.05) is 0 Å². The van der Waals surface area contributed by atoms with Crippen molar-refractivity contribution < 1.29 is 0 Å². The number of nitrogens with zero attached hydrogens (tertiary/aromatic N) is 3. The van der Waals surface area contributed by atoms with Gasteiger partial charge in [0.1, 0.15) is 12.2 Å². The zero-order valence-electron chi connectivity index (χ0n) is 13.2. The Morgan fingerprint density at radius 3 is 2.48 bits per heavy atom. The summed E-state index contributed by atoms with van der Waals surface area (Å²) in [6.45, 7) is 9.49. The normalized spacial score (nSPS) is 11.5. The second-order valence-corrected chi connectivity index (χ2v) is 6.73. The smallest absolute Gasteiger partial charge is 0.138 e. The molecule has 0 fully saturated rings. The van der Waals surface area contributed by atoms with Crippen molar-refractivity contribution in [1.29, 1.82) is 0 Å². The van der Waals surface area contributed by atoms with Gasteiger partial charge in [-0.05, 0) is 31.5 Å². The monoisotopic (exact) mass is 304 g/mol. The van der Waals surface area contributed by atoms with Gasteiger partial charge < -0.3 is 5.32 Å². The molecule has 0 radical (unpaired) electrons. The zero-order valence-corrected chi connectivity index (χ0v) is 14.0. The van der Waals surface area contributed by atoms with Gasteiger partial charge in [0, 0.05) is 23.5 Å². The van der Waals surface area contributed by atoms with Crippen molar-refractivity contribution in [3.63, 3.8) is 0 Å². The van der Waals surface area contributed by atoms with Gasteiger partial charge in [0.2, 0.25) is 0 Å². The first-order valence-corrected chi connectivity index (χ1v) is 8.38. The van der Waals surface area contributed by atoms with E-state index in [0.717, 1.165) is 18.1 Å². The van der Waals surface area contributed by atoms with Gasteiger partial charge >= 0.3 is 0 Å². The maximum atomic E-state index is 4.34. The summed E-state index contributed by atoms with van der Waals surface area (Å²) in [6.07, 6.45) is 1.64. The molecule has 0 aliphatic carbocycles. The Bertz CT molecular complexity index is 546. The van der Waals surface area contributed by atoms with E-state index in [1.807, 2.05) is 4.68 Å². The highest BCUT2D eigenvalue weighted by molar-refractivity contribution is 7.98. The lowest BCUT2D eigenvalue weighted by Crippen LogP contribution is -2.21. The average Bonchev–Trinajstić information content (AvgIpc) is 2.92. The number of aromatic nitrogens is 3. The summed E-state index contributed by atoms with van der Waals surface area (Å²) in [7, 11) is 0. The predicted molar refractivity (Wildman–Crippen MR) is 88.4 cm³/mol. The number of benzene rings is 1. The maximum absolute atomic E-state index is 4.34. The fraction of sp³-hybridized carbons (Fsp3) is 0.500. The molecule has 0 aliphatic rings. The van der Waals surface area contributed by atoms with Crippen molar-refractivity contribution in [3.8, 4) is 0 Å². The van der Waals surface area contributed by atoms with Crippen LogP contribution in [0.5, 0.6) is 0 Å². The Balaban J connectivity index is 1.90. The SMILES string of the molecule is CC(C)NCc1ccc(SCc2ncnn2C(C)C)cc1. The van der Waals surface area contributed by atoms with Gasteiger partial charge in [0.15, 0.2) is 0 Å². The number of nitrogens with one attached hydrogen (secondary N) is 1. The summed E-state index contributed by atoms with van der Waals surface area (Å²) in [5.41, 5.74) is 1.32. The third-order valence-corrected chi connectivity index (χ3v) is 4.15. The van der Waals surface area contributed by atoms with Crippen LogP contribution in [0.25, 0.3) is 0 Å². The number of hydrogen-bond donors (Lipinski definition) is 1. The van der Waals surface area contributed by atoms with Gasteiger partial charge in [-0.2, -0.15) is 5.10 Å². The molecule has 5 heteroatoms. The maximum Gasteiger partial charge on any atom is 0.138 e. The molecule has 114 valence electrons. The Kier molecular flexibility index (Phi) is 5.82. The van der Waals surface area contributed by atoms with Crippen LogP contribution in [0.4, 0.5) is 0 Å². The molecule has 1 aromatic heterocycles. The third-order valence-electron chi connectivity index (χ3n) is 3.14. The number of rotatable bonds is 7. The lowest BCUT2D eigenvalue weighted by Gasteiger charge is -2.10. The first-order valence-electron chi connectivity index (χ1n) is 7.39. The largest absolute Gasteiger partial charge is 0.310 e. The van der Waals surface area contributed by atoms with E-state index in [4.69, 9.17) is 0 Å². The lowest BCUT2D eigenvalue weighted by atomic mass is 10.2. The van der Waals surface area contributed by atoms with E-state index in [-0.39, 0.29) is 0 Å². The van der Waals surface area contributed by atoms with Gasteiger partial charge in [-0.3, -0.25) is 0 Å². The molecule has 0 saturated carbocycles. The minimum Gasteiger partial charge on any atom is -0.310 e. The Labute approximate surface area is 131 Å². The average molecular weight is 304 g/mol. The highest BCUT2D eigenvalue weighted by atomic mass is 32.2. The van der Waals surface area contributed by atoms with Crippen LogP contribution in [0.3, 0.4) is 0 Å².